The lowest BCUT2D eigenvalue weighted by Gasteiger charge is -2.06. The molecule has 1 heterocycles. The van der Waals surface area contributed by atoms with Crippen molar-refractivity contribution in [2.75, 3.05) is 0 Å². The molecule has 6 heteroatoms. The van der Waals surface area contributed by atoms with E-state index in [4.69, 9.17) is 10.9 Å². The highest BCUT2D eigenvalue weighted by Gasteiger charge is 2.02. The van der Waals surface area contributed by atoms with Gasteiger partial charge in [-0.1, -0.05) is 17.3 Å². The topological polar surface area (TPSA) is 83.5 Å². The predicted molar refractivity (Wildman–Crippen MR) is 73.7 cm³/mol. The Morgan fingerprint density at radius 2 is 2.00 bits per heavy atom. The largest absolute Gasteiger partial charge is 0.409 e. The van der Waals surface area contributed by atoms with E-state index >= 15 is 0 Å². The molecule has 0 radical (unpaired) electrons. The molecule has 0 aliphatic rings. The lowest BCUT2D eigenvalue weighted by Crippen LogP contribution is -2.17. The van der Waals surface area contributed by atoms with Gasteiger partial charge in [0.05, 0.1) is 0 Å². The van der Waals surface area contributed by atoms with Crippen LogP contribution in [0.5, 0.6) is 0 Å². The van der Waals surface area contributed by atoms with Crippen molar-refractivity contribution < 1.29 is 9.60 Å². The van der Waals surface area contributed by atoms with Crippen LogP contribution in [0.2, 0.25) is 0 Å². The van der Waals surface area contributed by atoms with Crippen LogP contribution in [0, 0.1) is 5.82 Å². The molecule has 2 rings (SSSR count). The summed E-state index contributed by atoms with van der Waals surface area (Å²) in [7, 11) is 0. The van der Waals surface area contributed by atoms with Crippen molar-refractivity contribution in [2.45, 2.75) is 13.1 Å². The third kappa shape index (κ3) is 3.76. The van der Waals surface area contributed by atoms with Gasteiger partial charge in [-0.25, -0.2) is 4.39 Å². The molecule has 104 valence electrons. The first-order valence-corrected chi connectivity index (χ1v) is 6.07. The highest BCUT2D eigenvalue weighted by atomic mass is 19.1. The third-order valence-corrected chi connectivity index (χ3v) is 2.74. The summed E-state index contributed by atoms with van der Waals surface area (Å²) in [6, 6.07) is 9.98. The van der Waals surface area contributed by atoms with E-state index in [0.29, 0.717) is 18.8 Å². The number of oxime groups is 1. The number of halogens is 1. The summed E-state index contributed by atoms with van der Waals surface area (Å²) in [5.41, 5.74) is 7.70. The number of aromatic nitrogens is 1. The summed E-state index contributed by atoms with van der Waals surface area (Å²) in [6.07, 6.45) is 1.59. The SMILES string of the molecule is NC(=NO)c1cc(CNCc2cccc(F)c2)ccn1. The molecule has 0 atom stereocenters. The van der Waals surface area contributed by atoms with Crippen LogP contribution >= 0.6 is 0 Å². The smallest absolute Gasteiger partial charge is 0.188 e. The molecular formula is C14H15FN4O. The van der Waals surface area contributed by atoms with Crippen molar-refractivity contribution in [1.29, 1.82) is 0 Å². The van der Waals surface area contributed by atoms with Crippen LogP contribution in [0.25, 0.3) is 0 Å². The zero-order valence-electron chi connectivity index (χ0n) is 10.8. The normalized spacial score (nSPS) is 11.6. The second-order valence-electron chi connectivity index (χ2n) is 4.27. The Labute approximate surface area is 116 Å². The second kappa shape index (κ2) is 6.63. The van der Waals surface area contributed by atoms with Crippen LogP contribution < -0.4 is 11.1 Å². The summed E-state index contributed by atoms with van der Waals surface area (Å²) < 4.78 is 13.0. The van der Waals surface area contributed by atoms with Gasteiger partial charge >= 0.3 is 0 Å². The fourth-order valence-electron chi connectivity index (χ4n) is 1.77. The molecule has 20 heavy (non-hydrogen) atoms. The first-order chi connectivity index (χ1) is 9.69. The van der Waals surface area contributed by atoms with Gasteiger partial charge in [0, 0.05) is 19.3 Å². The Kier molecular flexibility index (Phi) is 4.62. The number of benzene rings is 1. The molecule has 0 saturated heterocycles. The van der Waals surface area contributed by atoms with Gasteiger partial charge in [0.1, 0.15) is 11.5 Å². The van der Waals surface area contributed by atoms with E-state index in [1.54, 1.807) is 18.3 Å². The molecule has 0 aliphatic carbocycles. The first-order valence-electron chi connectivity index (χ1n) is 6.07. The van der Waals surface area contributed by atoms with Crippen molar-refractivity contribution in [1.82, 2.24) is 10.3 Å². The Morgan fingerprint density at radius 3 is 2.70 bits per heavy atom. The summed E-state index contributed by atoms with van der Waals surface area (Å²) in [5.74, 6) is -0.278. The first kappa shape index (κ1) is 14.0. The van der Waals surface area contributed by atoms with Crippen molar-refractivity contribution in [3.63, 3.8) is 0 Å². The Balaban J connectivity index is 1.94. The van der Waals surface area contributed by atoms with Gasteiger partial charge in [0.2, 0.25) is 0 Å². The number of nitrogens with zero attached hydrogens (tertiary/aromatic N) is 2. The average Bonchev–Trinajstić information content (AvgIpc) is 2.47. The Hall–Kier alpha value is -2.47. The van der Waals surface area contributed by atoms with Gasteiger partial charge < -0.3 is 16.3 Å². The van der Waals surface area contributed by atoms with Gasteiger partial charge in [0.15, 0.2) is 5.84 Å². The summed E-state index contributed by atoms with van der Waals surface area (Å²) in [6.45, 7) is 1.13. The van der Waals surface area contributed by atoms with Gasteiger partial charge in [-0.15, -0.1) is 0 Å². The molecule has 1 aromatic heterocycles. The number of nitrogens with two attached hydrogens (primary N) is 1. The number of rotatable bonds is 5. The summed E-state index contributed by atoms with van der Waals surface area (Å²) in [4.78, 5) is 3.99. The predicted octanol–water partition coefficient (Wildman–Crippen LogP) is 1.60. The van der Waals surface area contributed by atoms with Gasteiger partial charge in [-0.3, -0.25) is 4.98 Å². The standard InChI is InChI=1S/C14H15FN4O/c15-12-3-1-2-10(6-12)8-17-9-11-4-5-18-13(7-11)14(16)19-20/h1-7,17,20H,8-9H2,(H2,16,19). The van der Waals surface area contributed by atoms with Gasteiger partial charge in [-0.2, -0.15) is 0 Å². The molecule has 4 N–H and O–H groups in total. The highest BCUT2D eigenvalue weighted by Crippen LogP contribution is 2.05. The van der Waals surface area contributed by atoms with Crippen LogP contribution in [0.1, 0.15) is 16.8 Å². The van der Waals surface area contributed by atoms with Crippen LogP contribution in [0.4, 0.5) is 4.39 Å². The fraction of sp³-hybridized carbons (Fsp3) is 0.143. The molecule has 1 aromatic carbocycles. The van der Waals surface area contributed by atoms with Crippen LogP contribution in [0.3, 0.4) is 0 Å². The van der Waals surface area contributed by atoms with E-state index in [1.807, 2.05) is 12.1 Å². The lowest BCUT2D eigenvalue weighted by atomic mass is 10.2. The summed E-state index contributed by atoms with van der Waals surface area (Å²) >= 11 is 0. The van der Waals surface area contributed by atoms with E-state index in [0.717, 1.165) is 11.1 Å². The van der Waals surface area contributed by atoms with Crippen LogP contribution in [-0.2, 0) is 13.1 Å². The number of hydrogen-bond donors (Lipinski definition) is 3. The maximum Gasteiger partial charge on any atom is 0.188 e. The number of hydrogen-bond acceptors (Lipinski definition) is 4. The quantitative estimate of drug-likeness (QED) is 0.335. The molecule has 0 amide bonds. The molecule has 5 nitrogen and oxygen atoms in total. The van der Waals surface area contributed by atoms with E-state index in [9.17, 15) is 4.39 Å². The van der Waals surface area contributed by atoms with Crippen LogP contribution in [-0.4, -0.2) is 16.0 Å². The zero-order chi connectivity index (χ0) is 14.4. The molecule has 0 bridgehead atoms. The van der Waals surface area contributed by atoms with E-state index in [1.165, 1.54) is 12.1 Å². The van der Waals surface area contributed by atoms with Crippen molar-refractivity contribution >= 4 is 5.84 Å². The minimum atomic E-state index is -0.248. The monoisotopic (exact) mass is 274 g/mol. The maximum absolute atomic E-state index is 13.0. The zero-order valence-corrected chi connectivity index (χ0v) is 10.8. The number of nitrogens with one attached hydrogen (secondary N) is 1. The fourth-order valence-corrected chi connectivity index (χ4v) is 1.77. The minimum Gasteiger partial charge on any atom is -0.409 e. The van der Waals surface area contributed by atoms with E-state index in [2.05, 4.69) is 15.5 Å². The van der Waals surface area contributed by atoms with Crippen molar-refractivity contribution in [3.8, 4) is 0 Å². The van der Waals surface area contributed by atoms with E-state index in [-0.39, 0.29) is 11.7 Å². The van der Waals surface area contributed by atoms with Crippen molar-refractivity contribution in [3.05, 3.63) is 65.2 Å². The van der Waals surface area contributed by atoms with E-state index < -0.39 is 0 Å². The second-order valence-corrected chi connectivity index (χ2v) is 4.27. The Morgan fingerprint density at radius 1 is 1.25 bits per heavy atom. The molecule has 0 fully saturated rings. The molecule has 0 spiro atoms. The van der Waals surface area contributed by atoms with Gasteiger partial charge in [0.25, 0.3) is 0 Å². The maximum atomic E-state index is 13.0. The third-order valence-electron chi connectivity index (χ3n) is 2.74. The summed E-state index contributed by atoms with van der Waals surface area (Å²) in [5, 5.41) is 14.7. The van der Waals surface area contributed by atoms with Crippen molar-refractivity contribution in [2.24, 2.45) is 10.9 Å². The Bertz CT molecular complexity index is 616. The van der Waals surface area contributed by atoms with Gasteiger partial charge in [-0.05, 0) is 35.4 Å². The highest BCUT2D eigenvalue weighted by molar-refractivity contribution is 5.95. The molecule has 0 unspecified atom stereocenters. The molecular weight excluding hydrogens is 259 g/mol. The number of amidine groups is 1. The van der Waals surface area contributed by atoms with Crippen LogP contribution in [0.15, 0.2) is 47.8 Å². The molecule has 0 aliphatic heterocycles. The molecule has 0 saturated carbocycles. The lowest BCUT2D eigenvalue weighted by molar-refractivity contribution is 0.318. The molecule has 2 aromatic rings. The average molecular weight is 274 g/mol. The number of pyridine rings is 1. The minimum absolute atomic E-state index is 0.0306.